The second-order valence-corrected chi connectivity index (χ2v) is 5.12. The van der Waals surface area contributed by atoms with Crippen LogP contribution in [-0.4, -0.2) is 18.4 Å². The Labute approximate surface area is 114 Å². The molecule has 1 saturated carbocycles. The van der Waals surface area contributed by atoms with Crippen molar-refractivity contribution in [3.63, 3.8) is 0 Å². The molecule has 1 aromatic rings. The van der Waals surface area contributed by atoms with Gasteiger partial charge in [0.05, 0.1) is 6.42 Å². The molecule has 0 N–H and O–H groups in total. The van der Waals surface area contributed by atoms with Gasteiger partial charge in [0.2, 0.25) is 0 Å². The summed E-state index contributed by atoms with van der Waals surface area (Å²) in [6.07, 6.45) is 5.60. The molecule has 1 fully saturated rings. The molecular weight excluding hydrogens is 240 g/mol. The van der Waals surface area contributed by atoms with Crippen molar-refractivity contribution in [2.24, 2.45) is 5.92 Å². The fourth-order valence-electron chi connectivity index (χ4n) is 2.51. The average molecular weight is 260 g/mol. The predicted octanol–water partition coefficient (Wildman–Crippen LogP) is 2.92. The Kier molecular flexibility index (Phi) is 5.13. The van der Waals surface area contributed by atoms with Gasteiger partial charge >= 0.3 is 5.97 Å². The molecule has 0 aliphatic heterocycles. The highest BCUT2D eigenvalue weighted by atomic mass is 16.5. The third kappa shape index (κ3) is 4.51. The van der Waals surface area contributed by atoms with Crippen LogP contribution in [0.15, 0.2) is 30.3 Å². The molecule has 19 heavy (non-hydrogen) atoms. The Morgan fingerprint density at radius 2 is 1.74 bits per heavy atom. The summed E-state index contributed by atoms with van der Waals surface area (Å²) in [5, 5.41) is 0. The first-order valence-electron chi connectivity index (χ1n) is 6.98. The highest BCUT2D eigenvalue weighted by Gasteiger charge is 2.21. The molecule has 0 unspecified atom stereocenters. The van der Waals surface area contributed by atoms with Crippen LogP contribution in [0.1, 0.15) is 37.7 Å². The van der Waals surface area contributed by atoms with Gasteiger partial charge in [0, 0.05) is 5.92 Å². The van der Waals surface area contributed by atoms with Gasteiger partial charge in [-0.1, -0.05) is 49.6 Å². The van der Waals surface area contributed by atoms with Crippen LogP contribution in [0.4, 0.5) is 0 Å². The van der Waals surface area contributed by atoms with Crippen LogP contribution in [0.3, 0.4) is 0 Å². The first-order chi connectivity index (χ1) is 9.25. The Bertz CT molecular complexity index is 419. The van der Waals surface area contributed by atoms with E-state index < -0.39 is 0 Å². The van der Waals surface area contributed by atoms with E-state index in [2.05, 4.69) is 0 Å². The summed E-state index contributed by atoms with van der Waals surface area (Å²) in [6.45, 7) is -0.0592. The van der Waals surface area contributed by atoms with Crippen molar-refractivity contribution >= 4 is 11.8 Å². The number of ketones is 1. The average Bonchev–Trinajstić information content (AvgIpc) is 2.47. The number of esters is 1. The Morgan fingerprint density at radius 1 is 1.05 bits per heavy atom. The molecule has 1 aliphatic rings. The van der Waals surface area contributed by atoms with Gasteiger partial charge in [-0.2, -0.15) is 0 Å². The van der Waals surface area contributed by atoms with E-state index in [0.717, 1.165) is 31.2 Å². The molecule has 0 saturated heterocycles. The largest absolute Gasteiger partial charge is 0.457 e. The maximum atomic E-state index is 11.9. The molecule has 0 radical (unpaired) electrons. The smallest absolute Gasteiger partial charge is 0.310 e. The molecule has 3 nitrogen and oxygen atoms in total. The first kappa shape index (κ1) is 13.8. The predicted molar refractivity (Wildman–Crippen MR) is 72.7 cm³/mol. The van der Waals surface area contributed by atoms with Crippen LogP contribution < -0.4 is 0 Å². The molecule has 1 aliphatic carbocycles. The fraction of sp³-hybridized carbons (Fsp3) is 0.500. The molecule has 0 spiro atoms. The zero-order valence-electron chi connectivity index (χ0n) is 11.1. The molecule has 3 heteroatoms. The normalized spacial score (nSPS) is 16.0. The van der Waals surface area contributed by atoms with E-state index in [-0.39, 0.29) is 30.7 Å². The molecule has 102 valence electrons. The Balaban J connectivity index is 1.72. The van der Waals surface area contributed by atoms with Gasteiger partial charge in [0.1, 0.15) is 6.61 Å². The minimum Gasteiger partial charge on any atom is -0.457 e. The minimum absolute atomic E-state index is 0.0592. The van der Waals surface area contributed by atoms with Crippen LogP contribution in [0, 0.1) is 5.92 Å². The maximum absolute atomic E-state index is 11.9. The fourth-order valence-corrected chi connectivity index (χ4v) is 2.51. The molecule has 1 aromatic carbocycles. The van der Waals surface area contributed by atoms with Gasteiger partial charge in [0.25, 0.3) is 0 Å². The number of rotatable bonds is 5. The lowest BCUT2D eigenvalue weighted by Crippen LogP contribution is -2.24. The number of benzene rings is 1. The summed E-state index contributed by atoms with van der Waals surface area (Å²) in [4.78, 5) is 23.5. The number of carbonyl (C=O) groups is 2. The van der Waals surface area contributed by atoms with Gasteiger partial charge in [-0.05, 0) is 18.4 Å². The van der Waals surface area contributed by atoms with E-state index in [4.69, 9.17) is 4.74 Å². The van der Waals surface area contributed by atoms with Gasteiger partial charge in [-0.25, -0.2) is 0 Å². The Morgan fingerprint density at radius 3 is 2.42 bits per heavy atom. The van der Waals surface area contributed by atoms with E-state index in [0.29, 0.717) is 0 Å². The van der Waals surface area contributed by atoms with Crippen molar-refractivity contribution in [3.8, 4) is 0 Å². The standard InChI is InChI=1S/C16H20O3/c17-15(14-9-5-2-6-10-14)12-19-16(18)11-13-7-3-1-4-8-13/h1,3-4,7-8,14H,2,5-6,9-12H2. The third-order valence-electron chi connectivity index (χ3n) is 3.63. The van der Waals surface area contributed by atoms with Gasteiger partial charge in [0.15, 0.2) is 5.78 Å². The Hall–Kier alpha value is -1.64. The molecule has 0 heterocycles. The van der Waals surface area contributed by atoms with Gasteiger partial charge in [-0.3, -0.25) is 9.59 Å². The van der Waals surface area contributed by atoms with Crippen LogP contribution in [0.2, 0.25) is 0 Å². The van der Waals surface area contributed by atoms with Crippen molar-refractivity contribution in [3.05, 3.63) is 35.9 Å². The number of hydrogen-bond donors (Lipinski definition) is 0. The highest BCUT2D eigenvalue weighted by molar-refractivity contribution is 5.84. The summed E-state index contributed by atoms with van der Waals surface area (Å²) >= 11 is 0. The molecule has 0 bridgehead atoms. The van der Waals surface area contributed by atoms with Crippen molar-refractivity contribution in [2.75, 3.05) is 6.61 Å². The van der Waals surface area contributed by atoms with Gasteiger partial charge < -0.3 is 4.74 Å². The lowest BCUT2D eigenvalue weighted by molar-refractivity contribution is -0.148. The second kappa shape index (κ2) is 7.07. The van der Waals surface area contributed by atoms with Crippen LogP contribution in [0.25, 0.3) is 0 Å². The first-order valence-corrected chi connectivity index (χ1v) is 6.98. The molecule has 0 amide bonds. The molecule has 0 atom stereocenters. The van der Waals surface area contributed by atoms with Gasteiger partial charge in [-0.15, -0.1) is 0 Å². The minimum atomic E-state index is -0.324. The lowest BCUT2D eigenvalue weighted by Gasteiger charge is -2.19. The summed E-state index contributed by atoms with van der Waals surface area (Å²) in [5.74, 6) is -0.130. The number of ether oxygens (including phenoxy) is 1. The summed E-state index contributed by atoms with van der Waals surface area (Å²) < 4.78 is 5.07. The number of carbonyl (C=O) groups excluding carboxylic acids is 2. The van der Waals surface area contributed by atoms with E-state index in [1.807, 2.05) is 30.3 Å². The van der Waals surface area contributed by atoms with Crippen molar-refractivity contribution in [1.82, 2.24) is 0 Å². The van der Waals surface area contributed by atoms with E-state index in [9.17, 15) is 9.59 Å². The molecule has 2 rings (SSSR count). The third-order valence-corrected chi connectivity index (χ3v) is 3.63. The summed E-state index contributed by atoms with van der Waals surface area (Å²) in [6, 6.07) is 9.43. The summed E-state index contributed by atoms with van der Waals surface area (Å²) in [5.41, 5.74) is 0.914. The van der Waals surface area contributed by atoms with Crippen LogP contribution in [-0.2, 0) is 20.7 Å². The molecular formula is C16H20O3. The van der Waals surface area contributed by atoms with Crippen molar-refractivity contribution in [1.29, 1.82) is 0 Å². The topological polar surface area (TPSA) is 43.4 Å². The van der Waals surface area contributed by atoms with Crippen molar-refractivity contribution in [2.45, 2.75) is 38.5 Å². The monoisotopic (exact) mass is 260 g/mol. The van der Waals surface area contributed by atoms with E-state index in [1.54, 1.807) is 0 Å². The number of hydrogen-bond acceptors (Lipinski definition) is 3. The van der Waals surface area contributed by atoms with Crippen LogP contribution in [0.5, 0.6) is 0 Å². The molecule has 0 aromatic heterocycles. The SMILES string of the molecule is O=C(Cc1ccccc1)OCC(=O)C1CCCCC1. The lowest BCUT2D eigenvalue weighted by atomic mass is 9.86. The van der Waals surface area contributed by atoms with Crippen LogP contribution >= 0.6 is 0 Å². The highest BCUT2D eigenvalue weighted by Crippen LogP contribution is 2.24. The number of Topliss-reactive ketones (excluding diaryl/α,β-unsaturated/α-hetero) is 1. The maximum Gasteiger partial charge on any atom is 0.310 e. The zero-order valence-corrected chi connectivity index (χ0v) is 11.1. The van der Waals surface area contributed by atoms with Crippen molar-refractivity contribution < 1.29 is 14.3 Å². The summed E-state index contributed by atoms with van der Waals surface area (Å²) in [7, 11) is 0. The quantitative estimate of drug-likeness (QED) is 0.764. The van der Waals surface area contributed by atoms with E-state index in [1.165, 1.54) is 6.42 Å². The van der Waals surface area contributed by atoms with E-state index >= 15 is 0 Å². The second-order valence-electron chi connectivity index (χ2n) is 5.12. The zero-order chi connectivity index (χ0) is 13.5.